The number of pyridine rings is 1. The Balaban J connectivity index is 2.22. The fourth-order valence-corrected chi connectivity index (χ4v) is 2.57. The number of rotatable bonds is 4. The first-order valence-electron chi connectivity index (χ1n) is 5.91. The monoisotopic (exact) mass is 329 g/mol. The van der Waals surface area contributed by atoms with Crippen molar-refractivity contribution in [2.24, 2.45) is 0 Å². The lowest BCUT2D eigenvalue weighted by atomic mass is 10.3. The van der Waals surface area contributed by atoms with Crippen LogP contribution < -0.4 is 5.32 Å². The van der Waals surface area contributed by atoms with Crippen LogP contribution in [0.1, 0.15) is 0 Å². The zero-order valence-electron chi connectivity index (χ0n) is 11.3. The predicted octanol–water partition coefficient (Wildman–Crippen LogP) is 2.87. The molecule has 8 heteroatoms. The van der Waals surface area contributed by atoms with Gasteiger partial charge in [-0.15, -0.1) is 0 Å². The Morgan fingerprint density at radius 3 is 2.48 bits per heavy atom. The number of nitrogens with one attached hydrogen (secondary N) is 1. The maximum atomic E-state index is 13.1. The summed E-state index contributed by atoms with van der Waals surface area (Å²) in [4.78, 5) is 4.11. The van der Waals surface area contributed by atoms with E-state index in [1.54, 1.807) is 0 Å². The zero-order chi connectivity index (χ0) is 15.6. The van der Waals surface area contributed by atoms with Crippen LogP contribution in [0.25, 0.3) is 0 Å². The van der Waals surface area contributed by atoms with Crippen LogP contribution in [0.4, 0.5) is 15.9 Å². The van der Waals surface area contributed by atoms with Crippen molar-refractivity contribution in [3.63, 3.8) is 0 Å². The Bertz CT molecular complexity index is 749. The highest BCUT2D eigenvalue weighted by molar-refractivity contribution is 7.89. The van der Waals surface area contributed by atoms with Crippen LogP contribution in [0.2, 0.25) is 5.02 Å². The Hall–Kier alpha value is -1.70. The van der Waals surface area contributed by atoms with E-state index < -0.39 is 15.8 Å². The third kappa shape index (κ3) is 3.49. The molecule has 0 fully saturated rings. The van der Waals surface area contributed by atoms with Crippen LogP contribution in [0, 0.1) is 5.82 Å². The van der Waals surface area contributed by atoms with E-state index in [2.05, 4.69) is 10.3 Å². The van der Waals surface area contributed by atoms with E-state index >= 15 is 0 Å². The van der Waals surface area contributed by atoms with Gasteiger partial charge in [0.05, 0.1) is 5.02 Å². The first-order valence-corrected chi connectivity index (χ1v) is 7.73. The zero-order valence-corrected chi connectivity index (χ0v) is 12.9. The van der Waals surface area contributed by atoms with Crippen molar-refractivity contribution in [2.45, 2.75) is 4.90 Å². The SMILES string of the molecule is CN(C)S(=O)(=O)c1ccc(Nc2ccc(F)c(Cl)c2)nc1. The van der Waals surface area contributed by atoms with Crippen LogP contribution in [0.15, 0.2) is 41.4 Å². The molecule has 0 aliphatic carbocycles. The van der Waals surface area contributed by atoms with Crippen LogP contribution in [0.5, 0.6) is 0 Å². The van der Waals surface area contributed by atoms with Crippen LogP contribution in [-0.2, 0) is 10.0 Å². The first-order chi connectivity index (χ1) is 9.80. The number of nitrogens with zero attached hydrogens (tertiary/aromatic N) is 2. The summed E-state index contributed by atoms with van der Waals surface area (Å²) in [7, 11) is -0.614. The Labute approximate surface area is 127 Å². The molecule has 0 bridgehead atoms. The van der Waals surface area contributed by atoms with Gasteiger partial charge < -0.3 is 5.32 Å². The maximum Gasteiger partial charge on any atom is 0.244 e. The molecule has 1 N–H and O–H groups in total. The first kappa shape index (κ1) is 15.7. The van der Waals surface area contributed by atoms with E-state index in [4.69, 9.17) is 11.6 Å². The van der Waals surface area contributed by atoms with Gasteiger partial charge in [0.25, 0.3) is 0 Å². The minimum absolute atomic E-state index is 0.00759. The smallest absolute Gasteiger partial charge is 0.244 e. The number of aromatic nitrogens is 1. The lowest BCUT2D eigenvalue weighted by Crippen LogP contribution is -2.22. The van der Waals surface area contributed by atoms with Crippen molar-refractivity contribution in [1.29, 1.82) is 0 Å². The summed E-state index contributed by atoms with van der Waals surface area (Å²) in [5.74, 6) is -0.0852. The van der Waals surface area contributed by atoms with E-state index in [-0.39, 0.29) is 9.92 Å². The molecule has 1 aromatic heterocycles. The van der Waals surface area contributed by atoms with E-state index in [9.17, 15) is 12.8 Å². The highest BCUT2D eigenvalue weighted by Gasteiger charge is 2.17. The molecular weight excluding hydrogens is 317 g/mol. The van der Waals surface area contributed by atoms with Crippen molar-refractivity contribution in [3.8, 4) is 0 Å². The molecular formula is C13H13ClFN3O2S. The number of hydrogen-bond donors (Lipinski definition) is 1. The third-order valence-electron chi connectivity index (χ3n) is 2.71. The molecule has 1 aromatic carbocycles. The molecule has 0 radical (unpaired) electrons. The summed E-state index contributed by atoms with van der Waals surface area (Å²) in [5, 5.41) is 2.90. The normalized spacial score (nSPS) is 11.7. The second kappa shape index (κ2) is 5.97. The van der Waals surface area contributed by atoms with E-state index in [0.29, 0.717) is 11.5 Å². The molecule has 0 saturated carbocycles. The summed E-state index contributed by atoms with van der Waals surface area (Å²) in [6.07, 6.45) is 1.25. The van der Waals surface area contributed by atoms with E-state index in [0.717, 1.165) is 4.31 Å². The van der Waals surface area contributed by atoms with Gasteiger partial charge in [-0.3, -0.25) is 0 Å². The Morgan fingerprint density at radius 1 is 1.24 bits per heavy atom. The summed E-state index contributed by atoms with van der Waals surface area (Å²) in [6.45, 7) is 0. The third-order valence-corrected chi connectivity index (χ3v) is 4.80. The van der Waals surface area contributed by atoms with Gasteiger partial charge in [-0.1, -0.05) is 11.6 Å². The predicted molar refractivity (Wildman–Crippen MR) is 79.8 cm³/mol. The average Bonchev–Trinajstić information content (AvgIpc) is 2.43. The minimum Gasteiger partial charge on any atom is -0.340 e. The number of benzene rings is 1. The van der Waals surface area contributed by atoms with E-state index in [1.807, 2.05) is 0 Å². The van der Waals surface area contributed by atoms with Gasteiger partial charge in [-0.05, 0) is 30.3 Å². The molecule has 0 aliphatic heterocycles. The molecule has 21 heavy (non-hydrogen) atoms. The highest BCUT2D eigenvalue weighted by atomic mass is 35.5. The van der Waals surface area contributed by atoms with Crippen LogP contribution >= 0.6 is 11.6 Å². The Morgan fingerprint density at radius 2 is 1.95 bits per heavy atom. The lowest BCUT2D eigenvalue weighted by Gasteiger charge is -2.11. The summed E-state index contributed by atoms with van der Waals surface area (Å²) >= 11 is 5.68. The van der Waals surface area contributed by atoms with E-state index in [1.165, 1.54) is 50.6 Å². The number of sulfonamides is 1. The van der Waals surface area contributed by atoms with Gasteiger partial charge in [0, 0.05) is 26.0 Å². The number of anilines is 2. The summed E-state index contributed by atoms with van der Waals surface area (Å²) in [6, 6.07) is 7.12. The van der Waals surface area contributed by atoms with Gasteiger partial charge in [0.1, 0.15) is 16.5 Å². The topological polar surface area (TPSA) is 62.3 Å². The fraction of sp³-hybridized carbons (Fsp3) is 0.154. The molecule has 2 aromatic rings. The molecule has 112 valence electrons. The number of hydrogen-bond acceptors (Lipinski definition) is 4. The molecule has 0 amide bonds. The number of halogens is 2. The van der Waals surface area contributed by atoms with Crippen molar-refractivity contribution < 1.29 is 12.8 Å². The van der Waals surface area contributed by atoms with Crippen molar-refractivity contribution in [1.82, 2.24) is 9.29 Å². The maximum absolute atomic E-state index is 13.1. The summed E-state index contributed by atoms with van der Waals surface area (Å²) in [5.41, 5.74) is 0.553. The lowest BCUT2D eigenvalue weighted by molar-refractivity contribution is 0.520. The van der Waals surface area contributed by atoms with Gasteiger partial charge in [0.2, 0.25) is 10.0 Å². The molecule has 1 heterocycles. The van der Waals surface area contributed by atoms with Crippen LogP contribution in [-0.4, -0.2) is 31.8 Å². The van der Waals surface area contributed by atoms with Crippen molar-refractivity contribution in [3.05, 3.63) is 47.4 Å². The van der Waals surface area contributed by atoms with Crippen LogP contribution in [0.3, 0.4) is 0 Å². The standard InChI is InChI=1S/C13H13ClFN3O2S/c1-18(2)21(19,20)10-4-6-13(16-8-10)17-9-3-5-12(15)11(14)7-9/h3-8H,1-2H3,(H,16,17). The van der Waals surface area contributed by atoms with Gasteiger partial charge in [-0.2, -0.15) is 0 Å². The van der Waals surface area contributed by atoms with Gasteiger partial charge >= 0.3 is 0 Å². The average molecular weight is 330 g/mol. The molecule has 0 aliphatic rings. The highest BCUT2D eigenvalue weighted by Crippen LogP contribution is 2.22. The minimum atomic E-state index is -3.51. The molecule has 0 saturated heterocycles. The fourth-order valence-electron chi connectivity index (χ4n) is 1.54. The van der Waals surface area contributed by atoms with Gasteiger partial charge in [0.15, 0.2) is 0 Å². The molecule has 0 atom stereocenters. The largest absolute Gasteiger partial charge is 0.340 e. The quantitative estimate of drug-likeness (QED) is 0.937. The van der Waals surface area contributed by atoms with Gasteiger partial charge in [-0.25, -0.2) is 22.1 Å². The summed E-state index contributed by atoms with van der Waals surface area (Å²) < 4.78 is 37.9. The van der Waals surface area contributed by atoms with Crippen molar-refractivity contribution >= 4 is 33.1 Å². The van der Waals surface area contributed by atoms with Crippen molar-refractivity contribution in [2.75, 3.05) is 19.4 Å². The Kier molecular flexibility index (Phi) is 4.46. The molecule has 0 unspecified atom stereocenters. The second-order valence-corrected chi connectivity index (χ2v) is 6.98. The molecule has 0 spiro atoms. The second-order valence-electron chi connectivity index (χ2n) is 4.42. The molecule has 5 nitrogen and oxygen atoms in total. The molecule has 2 rings (SSSR count).